The molecule has 0 saturated heterocycles. The molecule has 1 heterocycles. The normalized spacial score (nSPS) is 10.6. The molecule has 0 spiro atoms. The first-order valence-electron chi connectivity index (χ1n) is 5.63. The Balaban J connectivity index is 2.19. The zero-order valence-electron chi connectivity index (χ0n) is 9.82. The smallest absolute Gasteiger partial charge is 0.217 e. The molecule has 0 atom stereocenters. The van der Waals surface area contributed by atoms with E-state index in [1.807, 2.05) is 24.4 Å². The van der Waals surface area contributed by atoms with E-state index in [9.17, 15) is 4.79 Å². The van der Waals surface area contributed by atoms with Crippen molar-refractivity contribution in [2.45, 2.75) is 19.3 Å². The molecule has 0 aliphatic heterocycles. The summed E-state index contributed by atoms with van der Waals surface area (Å²) in [6.45, 7) is 0. The standard InChI is InChI=1S/C13H16N2O2/c1-17-10-5-6-12-11(7-10)9(8-15-12)3-2-4-13(14)16/h5-8,15H,2-4H2,1H3,(H2,14,16). The van der Waals surface area contributed by atoms with Crippen LogP contribution in [0.5, 0.6) is 5.75 Å². The predicted octanol–water partition coefficient (Wildman–Crippen LogP) is 1.98. The van der Waals surface area contributed by atoms with Gasteiger partial charge in [0.1, 0.15) is 5.75 Å². The molecule has 0 fully saturated rings. The number of fused-ring (bicyclic) bond motifs is 1. The third-order valence-electron chi connectivity index (χ3n) is 2.84. The second-order valence-electron chi connectivity index (χ2n) is 4.05. The van der Waals surface area contributed by atoms with Crippen LogP contribution in [0.25, 0.3) is 10.9 Å². The highest BCUT2D eigenvalue weighted by Gasteiger charge is 2.05. The quantitative estimate of drug-likeness (QED) is 0.827. The number of primary amides is 1. The van der Waals surface area contributed by atoms with Crippen molar-refractivity contribution in [2.75, 3.05) is 7.11 Å². The average Bonchev–Trinajstić information content (AvgIpc) is 2.71. The molecule has 0 bridgehead atoms. The zero-order valence-corrected chi connectivity index (χ0v) is 9.82. The lowest BCUT2D eigenvalue weighted by molar-refractivity contribution is -0.118. The van der Waals surface area contributed by atoms with E-state index in [-0.39, 0.29) is 5.91 Å². The van der Waals surface area contributed by atoms with Gasteiger partial charge in [-0.05, 0) is 36.6 Å². The maximum absolute atomic E-state index is 10.7. The van der Waals surface area contributed by atoms with Gasteiger partial charge in [-0.1, -0.05) is 0 Å². The Morgan fingerprint density at radius 2 is 2.29 bits per heavy atom. The van der Waals surface area contributed by atoms with E-state index in [2.05, 4.69) is 4.98 Å². The number of H-pyrrole nitrogens is 1. The van der Waals surface area contributed by atoms with Crippen molar-refractivity contribution in [1.29, 1.82) is 0 Å². The number of ether oxygens (including phenoxy) is 1. The number of hydrogen-bond donors (Lipinski definition) is 2. The number of rotatable bonds is 5. The SMILES string of the molecule is COc1ccc2[nH]cc(CCCC(N)=O)c2c1. The summed E-state index contributed by atoms with van der Waals surface area (Å²) in [5.74, 6) is 0.593. The van der Waals surface area contributed by atoms with Gasteiger partial charge in [-0.15, -0.1) is 0 Å². The lowest BCUT2D eigenvalue weighted by Crippen LogP contribution is -2.10. The van der Waals surface area contributed by atoms with Gasteiger partial charge in [0.05, 0.1) is 7.11 Å². The minimum Gasteiger partial charge on any atom is -0.497 e. The van der Waals surface area contributed by atoms with E-state index in [0.29, 0.717) is 6.42 Å². The van der Waals surface area contributed by atoms with Gasteiger partial charge in [-0.25, -0.2) is 0 Å². The van der Waals surface area contributed by atoms with Crippen LogP contribution in [0, 0.1) is 0 Å². The third-order valence-corrected chi connectivity index (χ3v) is 2.84. The first-order valence-corrected chi connectivity index (χ1v) is 5.63. The van der Waals surface area contributed by atoms with E-state index < -0.39 is 0 Å². The van der Waals surface area contributed by atoms with Crippen molar-refractivity contribution in [3.8, 4) is 5.75 Å². The van der Waals surface area contributed by atoms with Crippen LogP contribution in [0.1, 0.15) is 18.4 Å². The number of hydrogen-bond acceptors (Lipinski definition) is 2. The zero-order chi connectivity index (χ0) is 12.3. The third kappa shape index (κ3) is 2.58. The van der Waals surface area contributed by atoms with Crippen molar-refractivity contribution < 1.29 is 9.53 Å². The highest BCUT2D eigenvalue weighted by Crippen LogP contribution is 2.24. The van der Waals surface area contributed by atoms with Gasteiger partial charge in [-0.2, -0.15) is 0 Å². The lowest BCUT2D eigenvalue weighted by atomic mass is 10.1. The molecular weight excluding hydrogens is 216 g/mol. The number of nitrogens with two attached hydrogens (primary N) is 1. The number of carbonyl (C=O) groups is 1. The van der Waals surface area contributed by atoms with Crippen LogP contribution in [0.3, 0.4) is 0 Å². The number of carbonyl (C=O) groups excluding carboxylic acids is 1. The topological polar surface area (TPSA) is 68.1 Å². The summed E-state index contributed by atoms with van der Waals surface area (Å²) in [5.41, 5.74) is 7.40. The Bertz CT molecular complexity index is 531. The van der Waals surface area contributed by atoms with E-state index in [4.69, 9.17) is 10.5 Å². The monoisotopic (exact) mass is 232 g/mol. The van der Waals surface area contributed by atoms with Crippen molar-refractivity contribution in [3.63, 3.8) is 0 Å². The molecular formula is C13H16N2O2. The van der Waals surface area contributed by atoms with Crippen LogP contribution in [-0.2, 0) is 11.2 Å². The van der Waals surface area contributed by atoms with E-state index >= 15 is 0 Å². The Morgan fingerprint density at radius 3 is 3.00 bits per heavy atom. The molecule has 0 aliphatic carbocycles. The molecule has 3 N–H and O–H groups in total. The summed E-state index contributed by atoms with van der Waals surface area (Å²) in [6.07, 6.45) is 4.03. The van der Waals surface area contributed by atoms with Gasteiger partial charge in [0.2, 0.25) is 5.91 Å². The summed E-state index contributed by atoms with van der Waals surface area (Å²) >= 11 is 0. The maximum Gasteiger partial charge on any atom is 0.217 e. The van der Waals surface area contributed by atoms with Crippen molar-refractivity contribution in [1.82, 2.24) is 4.98 Å². The van der Waals surface area contributed by atoms with Gasteiger partial charge in [0, 0.05) is 23.5 Å². The first-order chi connectivity index (χ1) is 8.20. The van der Waals surface area contributed by atoms with Crippen molar-refractivity contribution in [2.24, 2.45) is 5.73 Å². The Hall–Kier alpha value is -1.97. The number of nitrogens with one attached hydrogen (secondary N) is 1. The number of aromatic nitrogens is 1. The van der Waals surface area contributed by atoms with Crippen LogP contribution in [0.15, 0.2) is 24.4 Å². The highest BCUT2D eigenvalue weighted by molar-refractivity contribution is 5.84. The van der Waals surface area contributed by atoms with Crippen molar-refractivity contribution in [3.05, 3.63) is 30.0 Å². The second kappa shape index (κ2) is 4.91. The maximum atomic E-state index is 10.7. The van der Waals surface area contributed by atoms with E-state index in [0.717, 1.165) is 29.5 Å². The lowest BCUT2D eigenvalue weighted by Gasteiger charge is -2.01. The molecule has 90 valence electrons. The summed E-state index contributed by atoms with van der Waals surface area (Å²) in [7, 11) is 1.65. The minimum atomic E-state index is -0.248. The van der Waals surface area contributed by atoms with Gasteiger partial charge in [0.25, 0.3) is 0 Å². The van der Waals surface area contributed by atoms with Crippen LogP contribution in [0.2, 0.25) is 0 Å². The molecule has 2 aromatic rings. The highest BCUT2D eigenvalue weighted by atomic mass is 16.5. The molecule has 0 aliphatic rings. The summed E-state index contributed by atoms with van der Waals surface area (Å²) in [4.78, 5) is 13.9. The van der Waals surface area contributed by atoms with Crippen LogP contribution >= 0.6 is 0 Å². The fourth-order valence-electron chi connectivity index (χ4n) is 1.94. The number of aryl methyl sites for hydroxylation is 1. The number of amides is 1. The van der Waals surface area contributed by atoms with Gasteiger partial charge < -0.3 is 15.5 Å². The first kappa shape index (κ1) is 11.5. The predicted molar refractivity (Wildman–Crippen MR) is 67.0 cm³/mol. The van der Waals surface area contributed by atoms with Gasteiger partial charge in [0.15, 0.2) is 0 Å². The molecule has 17 heavy (non-hydrogen) atoms. The van der Waals surface area contributed by atoms with Gasteiger partial charge in [-0.3, -0.25) is 4.79 Å². The van der Waals surface area contributed by atoms with E-state index in [1.165, 1.54) is 5.56 Å². The fourth-order valence-corrected chi connectivity index (χ4v) is 1.94. The molecule has 1 aromatic heterocycles. The van der Waals surface area contributed by atoms with E-state index in [1.54, 1.807) is 7.11 Å². The van der Waals surface area contributed by atoms with Crippen LogP contribution < -0.4 is 10.5 Å². The second-order valence-corrected chi connectivity index (χ2v) is 4.05. The average molecular weight is 232 g/mol. The molecule has 0 radical (unpaired) electrons. The molecule has 1 aromatic carbocycles. The molecule has 0 unspecified atom stereocenters. The Kier molecular flexibility index (Phi) is 3.32. The molecule has 4 nitrogen and oxygen atoms in total. The Morgan fingerprint density at radius 1 is 1.47 bits per heavy atom. The largest absolute Gasteiger partial charge is 0.497 e. The fraction of sp³-hybridized carbons (Fsp3) is 0.308. The minimum absolute atomic E-state index is 0.248. The molecule has 2 rings (SSSR count). The van der Waals surface area contributed by atoms with Crippen molar-refractivity contribution >= 4 is 16.8 Å². The van der Waals surface area contributed by atoms with Crippen LogP contribution in [0.4, 0.5) is 0 Å². The molecule has 1 amide bonds. The van der Waals surface area contributed by atoms with Crippen LogP contribution in [-0.4, -0.2) is 18.0 Å². The Labute approximate surface area is 99.8 Å². The number of methoxy groups -OCH3 is 1. The number of aromatic amines is 1. The van der Waals surface area contributed by atoms with Gasteiger partial charge >= 0.3 is 0 Å². The number of benzene rings is 1. The summed E-state index contributed by atoms with van der Waals surface area (Å²) in [6, 6.07) is 5.92. The molecule has 4 heteroatoms. The summed E-state index contributed by atoms with van der Waals surface area (Å²) in [5, 5.41) is 1.15. The molecule has 0 saturated carbocycles. The summed E-state index contributed by atoms with van der Waals surface area (Å²) < 4.78 is 5.20.